The molecule has 11 heavy (non-hydrogen) atoms. The molecule has 2 rings (SSSR count). The van der Waals surface area contributed by atoms with E-state index < -0.39 is 5.60 Å². The van der Waals surface area contributed by atoms with E-state index in [1.807, 2.05) is 6.92 Å². The van der Waals surface area contributed by atoms with Crippen LogP contribution in [-0.2, 0) is 0 Å². The molecule has 3 atom stereocenters. The van der Waals surface area contributed by atoms with Crippen molar-refractivity contribution < 1.29 is 10.2 Å². The van der Waals surface area contributed by atoms with Crippen molar-refractivity contribution in [3.63, 3.8) is 0 Å². The van der Waals surface area contributed by atoms with Gasteiger partial charge < -0.3 is 10.2 Å². The molecule has 0 radical (unpaired) electrons. The fourth-order valence-corrected chi connectivity index (χ4v) is 2.63. The number of hydrogen-bond donors (Lipinski definition) is 2. The summed E-state index contributed by atoms with van der Waals surface area (Å²) in [6.45, 7) is 1.85. The van der Waals surface area contributed by atoms with E-state index in [-0.39, 0.29) is 11.5 Å². The number of aliphatic hydroxyl groups excluding tert-OH is 1. The molecule has 0 unspecified atom stereocenters. The normalized spacial score (nSPS) is 56.5. The van der Waals surface area contributed by atoms with E-state index in [1.54, 1.807) is 0 Å². The minimum absolute atomic E-state index is 0.106. The summed E-state index contributed by atoms with van der Waals surface area (Å²) < 4.78 is 0. The van der Waals surface area contributed by atoms with Crippen molar-refractivity contribution in [2.24, 2.45) is 5.41 Å². The van der Waals surface area contributed by atoms with Crippen LogP contribution in [0.4, 0.5) is 0 Å². The maximum atomic E-state index is 9.72. The molecule has 0 aliphatic heterocycles. The van der Waals surface area contributed by atoms with Gasteiger partial charge in [0, 0.05) is 5.41 Å². The summed E-state index contributed by atoms with van der Waals surface area (Å²) in [5.74, 6) is 0. The Labute approximate surface area is 67.2 Å². The zero-order valence-electron chi connectivity index (χ0n) is 7.01. The Morgan fingerprint density at radius 1 is 1.36 bits per heavy atom. The minimum Gasteiger partial charge on any atom is -0.392 e. The molecule has 64 valence electrons. The summed E-state index contributed by atoms with van der Waals surface area (Å²) >= 11 is 0. The molecule has 0 amide bonds. The molecule has 0 bridgehead atoms. The zero-order valence-corrected chi connectivity index (χ0v) is 7.01. The molecule has 2 aliphatic rings. The van der Waals surface area contributed by atoms with Crippen LogP contribution in [0.2, 0.25) is 0 Å². The van der Waals surface area contributed by atoms with E-state index in [2.05, 4.69) is 0 Å². The Morgan fingerprint density at radius 3 is 2.36 bits per heavy atom. The van der Waals surface area contributed by atoms with Gasteiger partial charge in [0.2, 0.25) is 0 Å². The van der Waals surface area contributed by atoms with Gasteiger partial charge >= 0.3 is 0 Å². The second-order valence-electron chi connectivity index (χ2n) is 4.37. The lowest BCUT2D eigenvalue weighted by molar-refractivity contribution is -0.00522. The Hall–Kier alpha value is -0.0800. The van der Waals surface area contributed by atoms with Gasteiger partial charge in [0.1, 0.15) is 0 Å². The topological polar surface area (TPSA) is 40.5 Å². The third kappa shape index (κ3) is 0.859. The minimum atomic E-state index is -0.563. The highest BCUT2D eigenvalue weighted by atomic mass is 16.3. The van der Waals surface area contributed by atoms with E-state index in [1.165, 1.54) is 6.42 Å². The van der Waals surface area contributed by atoms with Gasteiger partial charge in [-0.15, -0.1) is 0 Å². The van der Waals surface area contributed by atoms with E-state index >= 15 is 0 Å². The molecule has 0 heterocycles. The Balaban J connectivity index is 2.13. The van der Waals surface area contributed by atoms with Crippen LogP contribution in [0.15, 0.2) is 0 Å². The summed E-state index contributed by atoms with van der Waals surface area (Å²) in [4.78, 5) is 0. The zero-order chi connectivity index (χ0) is 8.11. The number of rotatable bonds is 0. The van der Waals surface area contributed by atoms with Crippen molar-refractivity contribution in [2.45, 2.75) is 50.7 Å². The summed E-state index contributed by atoms with van der Waals surface area (Å²) in [5.41, 5.74) is -0.669. The van der Waals surface area contributed by atoms with Crippen molar-refractivity contribution in [2.75, 3.05) is 0 Å². The van der Waals surface area contributed by atoms with Gasteiger partial charge in [-0.2, -0.15) is 0 Å². The van der Waals surface area contributed by atoms with Crippen LogP contribution < -0.4 is 0 Å². The fourth-order valence-electron chi connectivity index (χ4n) is 2.63. The molecule has 2 heteroatoms. The molecule has 2 N–H and O–H groups in total. The third-order valence-electron chi connectivity index (χ3n) is 3.60. The largest absolute Gasteiger partial charge is 0.392 e. The Bertz CT molecular complexity index is 176. The molecule has 0 aromatic heterocycles. The van der Waals surface area contributed by atoms with Gasteiger partial charge in [-0.25, -0.2) is 0 Å². The van der Waals surface area contributed by atoms with Gasteiger partial charge in [-0.1, -0.05) is 12.8 Å². The summed E-state index contributed by atoms with van der Waals surface area (Å²) in [6, 6.07) is 0. The lowest BCUT2D eigenvalue weighted by Crippen LogP contribution is -2.33. The summed E-state index contributed by atoms with van der Waals surface area (Å²) in [5, 5.41) is 19.4. The van der Waals surface area contributed by atoms with E-state index in [0.29, 0.717) is 0 Å². The Kier molecular flexibility index (Phi) is 1.37. The van der Waals surface area contributed by atoms with Gasteiger partial charge in [0.25, 0.3) is 0 Å². The van der Waals surface area contributed by atoms with Crippen LogP contribution in [0.3, 0.4) is 0 Å². The monoisotopic (exact) mass is 156 g/mol. The highest BCUT2D eigenvalue weighted by Crippen LogP contribution is 2.63. The lowest BCUT2D eigenvalue weighted by Gasteiger charge is -2.29. The smallest absolute Gasteiger partial charge is 0.0708 e. The first-order chi connectivity index (χ1) is 5.08. The van der Waals surface area contributed by atoms with Gasteiger partial charge in [0.05, 0.1) is 11.7 Å². The maximum absolute atomic E-state index is 9.72. The maximum Gasteiger partial charge on any atom is 0.0708 e. The van der Waals surface area contributed by atoms with E-state index in [0.717, 1.165) is 25.7 Å². The molecule has 2 nitrogen and oxygen atoms in total. The third-order valence-corrected chi connectivity index (χ3v) is 3.60. The quantitative estimate of drug-likeness (QED) is 0.550. The van der Waals surface area contributed by atoms with Crippen LogP contribution in [0.1, 0.15) is 39.0 Å². The fraction of sp³-hybridized carbons (Fsp3) is 1.00. The van der Waals surface area contributed by atoms with E-state index in [4.69, 9.17) is 0 Å². The molecular weight excluding hydrogens is 140 g/mol. The molecule has 2 saturated carbocycles. The van der Waals surface area contributed by atoms with Gasteiger partial charge in [-0.3, -0.25) is 0 Å². The first-order valence-corrected chi connectivity index (χ1v) is 4.49. The second kappa shape index (κ2) is 1.99. The number of hydrogen-bond acceptors (Lipinski definition) is 2. The predicted octanol–water partition coefficient (Wildman–Crippen LogP) is 1.06. The van der Waals surface area contributed by atoms with Crippen molar-refractivity contribution in [3.8, 4) is 0 Å². The first-order valence-electron chi connectivity index (χ1n) is 4.49. The standard InChI is InChI=1S/C9H16O2/c1-8(11)6-9(8)5-3-2-4-7(9)10/h7,10-11H,2-6H2,1H3/t7-,8+,9-/m1/s1. The van der Waals surface area contributed by atoms with Gasteiger partial charge in [0.15, 0.2) is 0 Å². The molecule has 0 aromatic rings. The van der Waals surface area contributed by atoms with Crippen molar-refractivity contribution in [1.29, 1.82) is 0 Å². The van der Waals surface area contributed by atoms with Crippen LogP contribution in [-0.4, -0.2) is 21.9 Å². The average Bonchev–Trinajstić information content (AvgIpc) is 2.45. The summed E-state index contributed by atoms with van der Waals surface area (Å²) in [7, 11) is 0. The molecule has 0 saturated heterocycles. The second-order valence-corrected chi connectivity index (χ2v) is 4.37. The highest BCUT2D eigenvalue weighted by Gasteiger charge is 2.67. The van der Waals surface area contributed by atoms with Crippen molar-refractivity contribution in [3.05, 3.63) is 0 Å². The van der Waals surface area contributed by atoms with Crippen LogP contribution in [0, 0.1) is 5.41 Å². The SMILES string of the molecule is C[C@]1(O)C[C@@]12CCCC[C@H]2O. The molecule has 2 fully saturated rings. The van der Waals surface area contributed by atoms with E-state index in [9.17, 15) is 10.2 Å². The number of aliphatic hydroxyl groups is 2. The van der Waals surface area contributed by atoms with Crippen LogP contribution >= 0.6 is 0 Å². The molecule has 0 aromatic carbocycles. The molecule has 1 spiro atoms. The molecular formula is C9H16O2. The van der Waals surface area contributed by atoms with Crippen molar-refractivity contribution in [1.82, 2.24) is 0 Å². The Morgan fingerprint density at radius 2 is 2.00 bits per heavy atom. The lowest BCUT2D eigenvalue weighted by atomic mass is 9.81. The average molecular weight is 156 g/mol. The molecule has 2 aliphatic carbocycles. The summed E-state index contributed by atoms with van der Waals surface area (Å²) in [6.07, 6.45) is 4.76. The first kappa shape index (κ1) is 7.56. The highest BCUT2D eigenvalue weighted by molar-refractivity contribution is 5.17. The van der Waals surface area contributed by atoms with Crippen LogP contribution in [0.5, 0.6) is 0 Å². The predicted molar refractivity (Wildman–Crippen MR) is 42.1 cm³/mol. The van der Waals surface area contributed by atoms with Gasteiger partial charge in [-0.05, 0) is 26.2 Å². The van der Waals surface area contributed by atoms with Crippen molar-refractivity contribution >= 4 is 0 Å². The van der Waals surface area contributed by atoms with Crippen LogP contribution in [0.25, 0.3) is 0 Å².